The van der Waals surface area contributed by atoms with Crippen LogP contribution in [0.5, 0.6) is 0 Å². The smallest absolute Gasteiger partial charge is 0.336 e. The molecule has 0 fully saturated rings. The van der Waals surface area contributed by atoms with Crippen LogP contribution < -0.4 is 5.63 Å². The first kappa shape index (κ1) is 15.2. The Morgan fingerprint density at radius 1 is 1.30 bits per heavy atom. The lowest BCUT2D eigenvalue weighted by atomic mass is 10.1. The number of esters is 1. The number of fused-ring (bicyclic) bond motifs is 1. The van der Waals surface area contributed by atoms with Crippen molar-refractivity contribution in [3.63, 3.8) is 0 Å². The minimum absolute atomic E-state index is 0.0258. The van der Waals surface area contributed by atoms with Gasteiger partial charge in [-0.2, -0.15) is 11.3 Å². The van der Waals surface area contributed by atoms with Crippen LogP contribution in [0.2, 0.25) is 0 Å². The molecule has 2 heterocycles. The molecule has 0 saturated carbocycles. The van der Waals surface area contributed by atoms with Crippen molar-refractivity contribution in [2.75, 3.05) is 0 Å². The van der Waals surface area contributed by atoms with Crippen LogP contribution in [0.4, 0.5) is 0 Å². The standard InChI is InChI=1S/C18H14O4S/c1-12-2-4-15-14(9-18(20)22-16(15)8-12)10-21-17(19)5-3-13-6-7-23-11-13/h2-9,11H,10H2,1H3/b5-3+. The summed E-state index contributed by atoms with van der Waals surface area (Å²) >= 11 is 1.56. The molecule has 0 aliphatic carbocycles. The molecule has 0 bridgehead atoms. The zero-order chi connectivity index (χ0) is 16.2. The van der Waals surface area contributed by atoms with Crippen molar-refractivity contribution in [2.24, 2.45) is 0 Å². The molecular formula is C18H14O4S. The molecule has 0 radical (unpaired) electrons. The summed E-state index contributed by atoms with van der Waals surface area (Å²) in [6.07, 6.45) is 3.07. The third kappa shape index (κ3) is 3.76. The van der Waals surface area contributed by atoms with Gasteiger partial charge in [-0.1, -0.05) is 12.1 Å². The summed E-state index contributed by atoms with van der Waals surface area (Å²) in [6.45, 7) is 1.94. The van der Waals surface area contributed by atoms with E-state index in [9.17, 15) is 9.59 Å². The molecule has 0 amide bonds. The van der Waals surface area contributed by atoms with E-state index in [0.29, 0.717) is 11.1 Å². The van der Waals surface area contributed by atoms with Gasteiger partial charge in [-0.25, -0.2) is 9.59 Å². The van der Waals surface area contributed by atoms with Crippen LogP contribution in [0.3, 0.4) is 0 Å². The molecule has 0 aliphatic heterocycles. The van der Waals surface area contributed by atoms with Gasteiger partial charge in [0.15, 0.2) is 0 Å². The SMILES string of the molecule is Cc1ccc2c(COC(=O)/C=C/c3ccsc3)cc(=O)oc2c1. The second-order valence-electron chi connectivity index (χ2n) is 5.09. The van der Waals surface area contributed by atoms with Gasteiger partial charge in [0.05, 0.1) is 0 Å². The molecule has 4 nitrogen and oxygen atoms in total. The van der Waals surface area contributed by atoms with Crippen molar-refractivity contribution in [3.05, 3.63) is 74.3 Å². The number of ether oxygens (including phenoxy) is 1. The summed E-state index contributed by atoms with van der Waals surface area (Å²) in [4.78, 5) is 23.4. The van der Waals surface area contributed by atoms with Crippen molar-refractivity contribution < 1.29 is 13.9 Å². The second kappa shape index (κ2) is 6.62. The lowest BCUT2D eigenvalue weighted by molar-refractivity contribution is -0.138. The Morgan fingerprint density at radius 3 is 2.96 bits per heavy atom. The quantitative estimate of drug-likeness (QED) is 0.414. The van der Waals surface area contributed by atoms with Gasteiger partial charge in [-0.15, -0.1) is 0 Å². The van der Waals surface area contributed by atoms with Gasteiger partial charge in [0, 0.05) is 23.1 Å². The van der Waals surface area contributed by atoms with Gasteiger partial charge in [-0.3, -0.25) is 0 Å². The van der Waals surface area contributed by atoms with E-state index in [1.54, 1.807) is 23.5 Å². The minimum atomic E-state index is -0.456. The summed E-state index contributed by atoms with van der Waals surface area (Å²) in [7, 11) is 0. The van der Waals surface area contributed by atoms with Gasteiger partial charge < -0.3 is 9.15 Å². The zero-order valence-corrected chi connectivity index (χ0v) is 13.3. The Morgan fingerprint density at radius 2 is 2.17 bits per heavy atom. The molecule has 5 heteroatoms. The Balaban J connectivity index is 1.76. The lowest BCUT2D eigenvalue weighted by Crippen LogP contribution is -2.05. The molecule has 2 aromatic heterocycles. The maximum absolute atomic E-state index is 11.8. The predicted octanol–water partition coefficient (Wildman–Crippen LogP) is 3.92. The molecule has 3 rings (SSSR count). The Kier molecular flexibility index (Phi) is 4.39. The highest BCUT2D eigenvalue weighted by atomic mass is 32.1. The van der Waals surface area contributed by atoms with Crippen LogP contribution in [0.25, 0.3) is 17.0 Å². The highest BCUT2D eigenvalue weighted by Gasteiger charge is 2.08. The highest BCUT2D eigenvalue weighted by molar-refractivity contribution is 7.08. The Bertz CT molecular complexity index is 920. The van der Waals surface area contributed by atoms with E-state index in [1.807, 2.05) is 35.9 Å². The normalized spacial score (nSPS) is 11.2. The van der Waals surface area contributed by atoms with Crippen LogP contribution in [0, 0.1) is 6.92 Å². The molecule has 0 spiro atoms. The molecule has 116 valence electrons. The summed E-state index contributed by atoms with van der Waals surface area (Å²) in [5, 5.41) is 4.63. The van der Waals surface area contributed by atoms with Gasteiger partial charge in [0.2, 0.25) is 0 Å². The molecular weight excluding hydrogens is 312 g/mol. The van der Waals surface area contributed by atoms with Crippen LogP contribution in [0.1, 0.15) is 16.7 Å². The highest BCUT2D eigenvalue weighted by Crippen LogP contribution is 2.19. The zero-order valence-electron chi connectivity index (χ0n) is 12.4. The van der Waals surface area contributed by atoms with E-state index in [4.69, 9.17) is 9.15 Å². The largest absolute Gasteiger partial charge is 0.458 e. The lowest BCUT2D eigenvalue weighted by Gasteiger charge is -2.06. The molecule has 0 unspecified atom stereocenters. The van der Waals surface area contributed by atoms with Crippen molar-refractivity contribution >= 4 is 34.4 Å². The molecule has 1 aromatic carbocycles. The van der Waals surface area contributed by atoms with Crippen molar-refractivity contribution in [1.29, 1.82) is 0 Å². The molecule has 23 heavy (non-hydrogen) atoms. The maximum Gasteiger partial charge on any atom is 0.336 e. The van der Waals surface area contributed by atoms with Crippen molar-refractivity contribution in [3.8, 4) is 0 Å². The summed E-state index contributed by atoms with van der Waals surface area (Å²) in [5.41, 5.74) is 2.62. The number of carbonyl (C=O) groups is 1. The predicted molar refractivity (Wildman–Crippen MR) is 90.4 cm³/mol. The average Bonchev–Trinajstić information content (AvgIpc) is 3.03. The number of benzene rings is 1. The number of aryl methyl sites for hydroxylation is 1. The van der Waals surface area contributed by atoms with Crippen LogP contribution in [0.15, 0.2) is 56.4 Å². The summed E-state index contributed by atoms with van der Waals surface area (Å²) < 4.78 is 10.4. The third-order valence-electron chi connectivity index (χ3n) is 3.31. The minimum Gasteiger partial charge on any atom is -0.458 e. The Labute approximate surface area is 136 Å². The van der Waals surface area contributed by atoms with E-state index in [0.717, 1.165) is 16.5 Å². The van der Waals surface area contributed by atoms with Crippen molar-refractivity contribution in [1.82, 2.24) is 0 Å². The van der Waals surface area contributed by atoms with E-state index in [2.05, 4.69) is 0 Å². The fourth-order valence-corrected chi connectivity index (χ4v) is 2.82. The second-order valence-corrected chi connectivity index (χ2v) is 5.87. The molecule has 0 atom stereocenters. The monoisotopic (exact) mass is 326 g/mol. The van der Waals surface area contributed by atoms with Gasteiger partial charge in [-0.05, 0) is 47.0 Å². The first-order valence-corrected chi connectivity index (χ1v) is 7.96. The number of hydrogen-bond donors (Lipinski definition) is 0. The van der Waals surface area contributed by atoms with Crippen molar-refractivity contribution in [2.45, 2.75) is 13.5 Å². The van der Waals surface area contributed by atoms with Gasteiger partial charge in [0.25, 0.3) is 0 Å². The Hall–Kier alpha value is -2.66. The fourth-order valence-electron chi connectivity index (χ4n) is 2.19. The van der Waals surface area contributed by atoms with Gasteiger partial charge >= 0.3 is 11.6 Å². The summed E-state index contributed by atoms with van der Waals surface area (Å²) in [6, 6.07) is 8.83. The van der Waals surface area contributed by atoms with Crippen LogP contribution in [-0.4, -0.2) is 5.97 Å². The van der Waals surface area contributed by atoms with Gasteiger partial charge in [0.1, 0.15) is 12.2 Å². The number of thiophene rings is 1. The third-order valence-corrected chi connectivity index (χ3v) is 4.01. The summed E-state index contributed by atoms with van der Waals surface area (Å²) in [5.74, 6) is -0.454. The van der Waals surface area contributed by atoms with E-state index in [1.165, 1.54) is 12.1 Å². The maximum atomic E-state index is 11.8. The van der Waals surface area contributed by atoms with E-state index < -0.39 is 11.6 Å². The molecule has 3 aromatic rings. The van der Waals surface area contributed by atoms with Crippen LogP contribution >= 0.6 is 11.3 Å². The number of rotatable bonds is 4. The number of carbonyl (C=O) groups excluding carboxylic acids is 1. The van der Waals surface area contributed by atoms with E-state index in [-0.39, 0.29) is 6.61 Å². The average molecular weight is 326 g/mol. The van der Waals surface area contributed by atoms with E-state index >= 15 is 0 Å². The molecule has 0 saturated heterocycles. The first-order chi connectivity index (χ1) is 11.1. The first-order valence-electron chi connectivity index (χ1n) is 7.02. The fraction of sp³-hybridized carbons (Fsp3) is 0.111. The topological polar surface area (TPSA) is 56.5 Å². The molecule has 0 N–H and O–H groups in total. The number of hydrogen-bond acceptors (Lipinski definition) is 5. The molecule has 0 aliphatic rings. The van der Waals surface area contributed by atoms with Crippen LogP contribution in [-0.2, 0) is 16.1 Å².